The van der Waals surface area contributed by atoms with Gasteiger partial charge in [-0.05, 0) is 36.6 Å². The number of amidine groups is 1. The molecule has 9 nitrogen and oxygen atoms in total. The molecule has 170 valence electrons. The molecule has 0 spiro atoms. The summed E-state index contributed by atoms with van der Waals surface area (Å²) < 4.78 is 5.01. The van der Waals surface area contributed by atoms with E-state index < -0.39 is 6.04 Å². The molecule has 1 atom stereocenters. The summed E-state index contributed by atoms with van der Waals surface area (Å²) in [7, 11) is 0. The summed E-state index contributed by atoms with van der Waals surface area (Å²) in [5, 5.41) is 10.4. The van der Waals surface area contributed by atoms with Crippen LogP contribution in [0.1, 0.15) is 39.7 Å². The first-order chi connectivity index (χ1) is 14.5. The maximum atomic E-state index is 12.6. The van der Waals surface area contributed by atoms with Crippen molar-refractivity contribution in [2.24, 2.45) is 11.1 Å². The summed E-state index contributed by atoms with van der Waals surface area (Å²) in [5.74, 6) is -0.801. The molecule has 1 heterocycles. The lowest BCUT2D eigenvalue weighted by Crippen LogP contribution is -2.55. The zero-order chi connectivity index (χ0) is 23.2. The Morgan fingerprint density at radius 1 is 1.23 bits per heavy atom. The second-order valence-corrected chi connectivity index (χ2v) is 8.69. The normalized spacial score (nSPS) is 15.4. The lowest BCUT2D eigenvalue weighted by molar-refractivity contribution is -0.145. The van der Waals surface area contributed by atoms with Gasteiger partial charge in [-0.1, -0.05) is 20.8 Å². The maximum absolute atomic E-state index is 12.6. The van der Waals surface area contributed by atoms with Gasteiger partial charge >= 0.3 is 5.97 Å². The third-order valence-corrected chi connectivity index (χ3v) is 5.25. The monoisotopic (exact) mass is 431 g/mol. The average Bonchev–Trinajstić information content (AvgIpc) is 2.68. The van der Waals surface area contributed by atoms with Gasteiger partial charge in [0.1, 0.15) is 5.84 Å². The number of piperazine rings is 1. The van der Waals surface area contributed by atoms with Crippen molar-refractivity contribution in [3.05, 3.63) is 29.8 Å². The number of carbonyl (C=O) groups is 3. The van der Waals surface area contributed by atoms with Gasteiger partial charge in [0, 0.05) is 30.4 Å². The van der Waals surface area contributed by atoms with Gasteiger partial charge in [-0.3, -0.25) is 19.8 Å². The van der Waals surface area contributed by atoms with Crippen LogP contribution < -0.4 is 16.0 Å². The predicted octanol–water partition coefficient (Wildman–Crippen LogP) is 1.10. The highest BCUT2D eigenvalue weighted by atomic mass is 16.5. The van der Waals surface area contributed by atoms with Crippen molar-refractivity contribution in [2.75, 3.05) is 37.7 Å². The number of hydrogen-bond donors (Lipinski definition) is 3. The van der Waals surface area contributed by atoms with E-state index in [0.717, 1.165) is 5.69 Å². The fraction of sp³-hybridized carbons (Fsp3) is 0.545. The second-order valence-electron chi connectivity index (χ2n) is 8.69. The van der Waals surface area contributed by atoms with Crippen molar-refractivity contribution in [1.29, 1.82) is 5.41 Å². The number of anilines is 1. The first kappa shape index (κ1) is 24.2. The Labute approximate surface area is 183 Å². The van der Waals surface area contributed by atoms with Crippen molar-refractivity contribution in [3.63, 3.8) is 0 Å². The van der Waals surface area contributed by atoms with Crippen LogP contribution in [0.15, 0.2) is 24.3 Å². The van der Waals surface area contributed by atoms with Crippen molar-refractivity contribution < 1.29 is 19.1 Å². The number of amides is 2. The molecule has 1 aromatic rings. The van der Waals surface area contributed by atoms with Crippen LogP contribution >= 0.6 is 0 Å². The number of benzene rings is 1. The molecule has 2 amide bonds. The fourth-order valence-electron chi connectivity index (χ4n) is 3.32. The molecule has 2 rings (SSSR count). The van der Waals surface area contributed by atoms with E-state index in [1.165, 1.54) is 4.90 Å². The topological polar surface area (TPSA) is 129 Å². The van der Waals surface area contributed by atoms with Crippen molar-refractivity contribution in [1.82, 2.24) is 10.2 Å². The van der Waals surface area contributed by atoms with Crippen molar-refractivity contribution in [2.45, 2.75) is 40.2 Å². The SMILES string of the molecule is CCOC(=O)CC(NC(=O)CN1CCN(c2ccc(C(=N)N)cc2)CC1=O)C(C)(C)C. The summed E-state index contributed by atoms with van der Waals surface area (Å²) in [6, 6.07) is 6.76. The molecule has 9 heteroatoms. The first-order valence-electron chi connectivity index (χ1n) is 10.4. The van der Waals surface area contributed by atoms with Gasteiger partial charge in [0.15, 0.2) is 0 Å². The van der Waals surface area contributed by atoms with Crippen molar-refractivity contribution in [3.8, 4) is 0 Å². The van der Waals surface area contributed by atoms with Gasteiger partial charge in [-0.2, -0.15) is 0 Å². The molecule has 1 aromatic carbocycles. The molecular formula is C22H33N5O4. The van der Waals surface area contributed by atoms with Gasteiger partial charge in [-0.15, -0.1) is 0 Å². The Bertz CT molecular complexity index is 816. The molecule has 4 N–H and O–H groups in total. The zero-order valence-electron chi connectivity index (χ0n) is 18.7. The minimum atomic E-state index is -0.393. The smallest absolute Gasteiger partial charge is 0.307 e. The van der Waals surface area contributed by atoms with E-state index in [9.17, 15) is 14.4 Å². The van der Waals surface area contributed by atoms with Gasteiger partial charge in [-0.25, -0.2) is 0 Å². The molecule has 1 fully saturated rings. The first-order valence-corrected chi connectivity index (χ1v) is 10.4. The minimum absolute atomic E-state index is 0.00465. The third kappa shape index (κ3) is 6.97. The largest absolute Gasteiger partial charge is 0.466 e. The number of nitrogen functional groups attached to an aromatic ring is 1. The molecule has 1 aliphatic heterocycles. The number of nitrogens with two attached hydrogens (primary N) is 1. The second kappa shape index (κ2) is 10.3. The number of nitrogens with one attached hydrogen (secondary N) is 2. The van der Waals surface area contributed by atoms with Gasteiger partial charge in [0.2, 0.25) is 11.8 Å². The molecule has 1 unspecified atom stereocenters. The van der Waals surface area contributed by atoms with Gasteiger partial charge in [0.05, 0.1) is 26.1 Å². The average molecular weight is 432 g/mol. The molecule has 1 saturated heterocycles. The Kier molecular flexibility index (Phi) is 8.01. The predicted molar refractivity (Wildman–Crippen MR) is 119 cm³/mol. The molecule has 0 aliphatic carbocycles. The van der Waals surface area contributed by atoms with E-state index in [4.69, 9.17) is 15.9 Å². The van der Waals surface area contributed by atoms with E-state index >= 15 is 0 Å². The van der Waals surface area contributed by atoms with E-state index in [2.05, 4.69) is 5.32 Å². The molecular weight excluding hydrogens is 398 g/mol. The van der Waals surface area contributed by atoms with E-state index in [1.807, 2.05) is 37.8 Å². The zero-order valence-corrected chi connectivity index (χ0v) is 18.7. The van der Waals surface area contributed by atoms with Crippen LogP contribution in [-0.4, -0.2) is 67.3 Å². The van der Waals surface area contributed by atoms with Crippen LogP contribution in [0.3, 0.4) is 0 Å². The lowest BCUT2D eigenvalue weighted by atomic mass is 9.84. The number of esters is 1. The Morgan fingerprint density at radius 3 is 2.39 bits per heavy atom. The standard InChI is InChI=1S/C22H33N5O4/c1-5-31-20(30)12-17(22(2,3)4)25-18(28)13-27-11-10-26(14-19(27)29)16-8-6-15(7-9-16)21(23)24/h6-9,17H,5,10-14H2,1-4H3,(H3,23,24)(H,25,28). The highest BCUT2D eigenvalue weighted by molar-refractivity contribution is 5.95. The Morgan fingerprint density at radius 2 is 1.87 bits per heavy atom. The summed E-state index contributed by atoms with van der Waals surface area (Å²) in [5.41, 5.74) is 6.63. The number of carbonyl (C=O) groups excluding carboxylic acids is 3. The van der Waals surface area contributed by atoms with Crippen LogP contribution in [0.25, 0.3) is 0 Å². The third-order valence-electron chi connectivity index (χ3n) is 5.25. The molecule has 31 heavy (non-hydrogen) atoms. The minimum Gasteiger partial charge on any atom is -0.466 e. The lowest BCUT2D eigenvalue weighted by Gasteiger charge is -2.36. The number of nitrogens with zero attached hydrogens (tertiary/aromatic N) is 2. The maximum Gasteiger partial charge on any atom is 0.307 e. The molecule has 0 saturated carbocycles. The summed E-state index contributed by atoms with van der Waals surface area (Å²) in [4.78, 5) is 40.6. The Hall–Kier alpha value is -3.10. The van der Waals surface area contributed by atoms with E-state index in [1.54, 1.807) is 19.1 Å². The molecule has 0 bridgehead atoms. The number of hydrogen-bond acceptors (Lipinski definition) is 6. The van der Waals surface area contributed by atoms with Crippen LogP contribution in [0.4, 0.5) is 5.69 Å². The van der Waals surface area contributed by atoms with Crippen LogP contribution in [0.2, 0.25) is 0 Å². The van der Waals surface area contributed by atoms with Gasteiger partial charge in [0.25, 0.3) is 0 Å². The summed E-state index contributed by atoms with van der Waals surface area (Å²) in [6.45, 7) is 8.98. The molecule has 0 aromatic heterocycles. The van der Waals surface area contributed by atoms with Crippen LogP contribution in [0.5, 0.6) is 0 Å². The molecule has 0 radical (unpaired) electrons. The van der Waals surface area contributed by atoms with Crippen LogP contribution in [-0.2, 0) is 19.1 Å². The fourth-order valence-corrected chi connectivity index (χ4v) is 3.32. The van der Waals surface area contributed by atoms with E-state index in [0.29, 0.717) is 25.3 Å². The summed E-state index contributed by atoms with van der Waals surface area (Å²) >= 11 is 0. The Balaban J connectivity index is 1.93. The molecule has 1 aliphatic rings. The quantitative estimate of drug-likeness (QED) is 0.321. The van der Waals surface area contributed by atoms with E-state index in [-0.39, 0.29) is 48.5 Å². The summed E-state index contributed by atoms with van der Waals surface area (Å²) in [6.07, 6.45) is 0.0844. The van der Waals surface area contributed by atoms with Gasteiger partial charge < -0.3 is 25.6 Å². The highest BCUT2D eigenvalue weighted by Crippen LogP contribution is 2.22. The number of ether oxygens (including phenoxy) is 1. The number of rotatable bonds is 8. The van der Waals surface area contributed by atoms with Crippen molar-refractivity contribution >= 4 is 29.3 Å². The highest BCUT2D eigenvalue weighted by Gasteiger charge is 2.31. The van der Waals surface area contributed by atoms with Crippen LogP contribution in [0, 0.1) is 10.8 Å².